The molecule has 0 bridgehead atoms. The Hall–Kier alpha value is -1.13. The fourth-order valence-corrected chi connectivity index (χ4v) is 1.12. The van der Waals surface area contributed by atoms with Gasteiger partial charge in [-0.2, -0.15) is 0 Å². The van der Waals surface area contributed by atoms with Crippen LogP contribution in [-0.4, -0.2) is 30.6 Å². The van der Waals surface area contributed by atoms with Gasteiger partial charge in [0.2, 0.25) is 5.95 Å². The minimum Gasteiger partial charge on any atom is -0.347 e. The summed E-state index contributed by atoms with van der Waals surface area (Å²) in [7, 11) is 3.82. The fourth-order valence-electron chi connectivity index (χ4n) is 1.02. The van der Waals surface area contributed by atoms with Crippen LogP contribution in [0.2, 0.25) is 0 Å². The maximum atomic E-state index is 5.63. The van der Waals surface area contributed by atoms with Gasteiger partial charge in [0.15, 0.2) is 0 Å². The van der Waals surface area contributed by atoms with Crippen LogP contribution in [-0.2, 0) is 6.54 Å². The molecule has 0 atom stereocenters. The molecule has 0 radical (unpaired) electrons. The van der Waals surface area contributed by atoms with Crippen molar-refractivity contribution in [3.05, 3.63) is 29.6 Å². The van der Waals surface area contributed by atoms with Gasteiger partial charge in [-0.3, -0.25) is 0 Å². The van der Waals surface area contributed by atoms with Crippen LogP contribution < -0.4 is 10.2 Å². The van der Waals surface area contributed by atoms with Crippen LogP contribution in [0.4, 0.5) is 5.95 Å². The van der Waals surface area contributed by atoms with E-state index < -0.39 is 0 Å². The van der Waals surface area contributed by atoms with E-state index in [2.05, 4.69) is 21.9 Å². The zero-order chi connectivity index (χ0) is 11.3. The summed E-state index contributed by atoms with van der Waals surface area (Å²) in [6.07, 6.45) is 1.74. The van der Waals surface area contributed by atoms with Gasteiger partial charge in [0, 0.05) is 38.4 Å². The molecule has 0 aromatic carbocycles. The third-order valence-corrected chi connectivity index (χ3v) is 1.86. The minimum atomic E-state index is 0.586. The van der Waals surface area contributed by atoms with Gasteiger partial charge < -0.3 is 10.2 Å². The average molecular weight is 227 g/mol. The number of aromatic nitrogens is 2. The number of hydrogen-bond donors (Lipinski definition) is 1. The number of hydrogen-bond acceptors (Lipinski definition) is 4. The highest BCUT2D eigenvalue weighted by Crippen LogP contribution is 2.03. The Bertz CT molecular complexity index is 338. The minimum absolute atomic E-state index is 0.586. The van der Waals surface area contributed by atoms with Gasteiger partial charge in [-0.25, -0.2) is 9.97 Å². The molecule has 0 saturated heterocycles. The summed E-state index contributed by atoms with van der Waals surface area (Å²) in [6.45, 7) is 4.84. The van der Waals surface area contributed by atoms with E-state index in [9.17, 15) is 0 Å². The maximum Gasteiger partial charge on any atom is 0.225 e. The quantitative estimate of drug-likeness (QED) is 0.824. The van der Waals surface area contributed by atoms with Crippen molar-refractivity contribution in [1.29, 1.82) is 0 Å². The molecule has 0 aliphatic rings. The van der Waals surface area contributed by atoms with Crippen LogP contribution in [0.5, 0.6) is 0 Å². The Labute approximate surface area is 95.0 Å². The van der Waals surface area contributed by atoms with E-state index in [1.54, 1.807) is 6.20 Å². The predicted molar refractivity (Wildman–Crippen MR) is 63.1 cm³/mol. The summed E-state index contributed by atoms with van der Waals surface area (Å²) in [6, 6.07) is 1.87. The first-order valence-electron chi connectivity index (χ1n) is 4.63. The first kappa shape index (κ1) is 11.9. The fraction of sp³-hybridized carbons (Fsp3) is 0.400. The van der Waals surface area contributed by atoms with Gasteiger partial charge in [-0.1, -0.05) is 18.2 Å². The van der Waals surface area contributed by atoms with E-state index in [0.717, 1.165) is 5.69 Å². The molecule has 4 nitrogen and oxygen atoms in total. The Morgan fingerprint density at radius 2 is 2.33 bits per heavy atom. The highest BCUT2D eigenvalue weighted by molar-refractivity contribution is 6.29. The van der Waals surface area contributed by atoms with Crippen LogP contribution in [0, 0.1) is 0 Å². The third-order valence-electron chi connectivity index (χ3n) is 1.72. The molecule has 0 unspecified atom stereocenters. The Kier molecular flexibility index (Phi) is 4.52. The molecule has 0 amide bonds. The largest absolute Gasteiger partial charge is 0.347 e. The second kappa shape index (κ2) is 5.68. The molecule has 1 aromatic heterocycles. The van der Waals surface area contributed by atoms with E-state index in [4.69, 9.17) is 11.6 Å². The molecule has 82 valence electrons. The highest BCUT2D eigenvalue weighted by atomic mass is 35.5. The number of nitrogens with one attached hydrogen (secondary N) is 1. The van der Waals surface area contributed by atoms with Gasteiger partial charge in [-0.05, 0) is 6.07 Å². The van der Waals surface area contributed by atoms with E-state index in [1.165, 1.54) is 0 Å². The normalized spacial score (nSPS) is 10.1. The number of anilines is 1. The number of halogens is 1. The molecule has 0 aliphatic heterocycles. The lowest BCUT2D eigenvalue weighted by atomic mass is 10.4. The lowest BCUT2D eigenvalue weighted by Crippen LogP contribution is -2.18. The molecular weight excluding hydrogens is 212 g/mol. The lowest BCUT2D eigenvalue weighted by Gasteiger charge is -2.10. The molecular formula is C10H15ClN4. The van der Waals surface area contributed by atoms with Crippen molar-refractivity contribution in [2.45, 2.75) is 6.54 Å². The second-order valence-electron chi connectivity index (χ2n) is 3.36. The van der Waals surface area contributed by atoms with Crippen LogP contribution in [0.3, 0.4) is 0 Å². The number of nitrogens with zero attached hydrogens (tertiary/aromatic N) is 3. The maximum absolute atomic E-state index is 5.63. The van der Waals surface area contributed by atoms with E-state index >= 15 is 0 Å². The molecule has 1 aromatic rings. The lowest BCUT2D eigenvalue weighted by molar-refractivity contribution is 0.731. The monoisotopic (exact) mass is 226 g/mol. The SMILES string of the molecule is C=C(Cl)CNCc1ccnc(N(C)C)n1. The van der Waals surface area contributed by atoms with Gasteiger partial charge in [-0.15, -0.1) is 0 Å². The molecule has 15 heavy (non-hydrogen) atoms. The third kappa shape index (κ3) is 4.27. The Morgan fingerprint density at radius 3 is 2.93 bits per heavy atom. The first-order valence-corrected chi connectivity index (χ1v) is 5.00. The molecule has 5 heteroatoms. The summed E-state index contributed by atoms with van der Waals surface area (Å²) < 4.78 is 0. The molecule has 1 N–H and O–H groups in total. The topological polar surface area (TPSA) is 41.1 Å². The van der Waals surface area contributed by atoms with Crippen LogP contribution in [0.25, 0.3) is 0 Å². The van der Waals surface area contributed by atoms with E-state index in [1.807, 2.05) is 25.1 Å². The van der Waals surface area contributed by atoms with Crippen molar-refractivity contribution < 1.29 is 0 Å². The van der Waals surface area contributed by atoms with Crippen LogP contribution in [0.1, 0.15) is 5.69 Å². The van der Waals surface area contributed by atoms with Gasteiger partial charge in [0.1, 0.15) is 0 Å². The molecule has 0 fully saturated rings. The predicted octanol–water partition coefficient (Wildman–Crippen LogP) is 1.38. The zero-order valence-electron chi connectivity index (χ0n) is 9.00. The summed E-state index contributed by atoms with van der Waals surface area (Å²) in [5.41, 5.74) is 0.937. The standard InChI is InChI=1S/C10H15ClN4/c1-8(11)6-12-7-9-4-5-13-10(14-9)15(2)3/h4-5,12H,1,6-7H2,2-3H3. The highest BCUT2D eigenvalue weighted by Gasteiger charge is 2.00. The summed E-state index contributed by atoms with van der Waals surface area (Å²) in [5, 5.41) is 3.72. The van der Waals surface area contributed by atoms with Crippen molar-refractivity contribution in [2.75, 3.05) is 25.5 Å². The average Bonchev–Trinajstić information content (AvgIpc) is 2.17. The van der Waals surface area contributed by atoms with Crippen molar-refractivity contribution >= 4 is 17.5 Å². The van der Waals surface area contributed by atoms with Crippen molar-refractivity contribution in [3.8, 4) is 0 Å². The molecule has 0 saturated carbocycles. The van der Waals surface area contributed by atoms with Crippen molar-refractivity contribution in [3.63, 3.8) is 0 Å². The van der Waals surface area contributed by atoms with Crippen molar-refractivity contribution in [1.82, 2.24) is 15.3 Å². The van der Waals surface area contributed by atoms with Crippen LogP contribution in [0.15, 0.2) is 23.9 Å². The van der Waals surface area contributed by atoms with Crippen molar-refractivity contribution in [2.24, 2.45) is 0 Å². The smallest absolute Gasteiger partial charge is 0.225 e. The molecule has 0 aliphatic carbocycles. The van der Waals surface area contributed by atoms with Gasteiger partial charge in [0.25, 0.3) is 0 Å². The number of rotatable bonds is 5. The summed E-state index contributed by atoms with van der Waals surface area (Å²) in [5.74, 6) is 0.707. The Morgan fingerprint density at radius 1 is 1.60 bits per heavy atom. The van der Waals surface area contributed by atoms with E-state index in [0.29, 0.717) is 24.1 Å². The second-order valence-corrected chi connectivity index (χ2v) is 3.90. The first-order chi connectivity index (χ1) is 7.09. The Balaban J connectivity index is 2.54. The zero-order valence-corrected chi connectivity index (χ0v) is 9.75. The molecule has 0 spiro atoms. The summed E-state index contributed by atoms with van der Waals surface area (Å²) in [4.78, 5) is 10.3. The summed E-state index contributed by atoms with van der Waals surface area (Å²) >= 11 is 5.63. The van der Waals surface area contributed by atoms with Gasteiger partial charge in [0.05, 0.1) is 5.69 Å². The van der Waals surface area contributed by atoms with E-state index in [-0.39, 0.29) is 0 Å². The molecule has 1 heterocycles. The van der Waals surface area contributed by atoms with Gasteiger partial charge >= 0.3 is 0 Å². The van der Waals surface area contributed by atoms with Crippen LogP contribution >= 0.6 is 11.6 Å². The molecule has 1 rings (SSSR count).